The van der Waals surface area contributed by atoms with Crippen LogP contribution in [0.2, 0.25) is 0 Å². The fourth-order valence-electron chi connectivity index (χ4n) is 8.54. The standard InChI is InChI=1S/C24H38O4/c1-14(4-7-21(27)28)17-5-6-18-22-19(9-11-24(17,18)3)23(2)10-8-16(25)12-15(23)13-20(22)26/h14-15,17-20,22,26H,4-13H2,1-3H3,(H,27,28)/t14-,15+,17-,18+,19+,20+,22+,23+,24-/m1/s1. The maximum Gasteiger partial charge on any atom is 0.303 e. The Morgan fingerprint density at radius 3 is 2.57 bits per heavy atom. The molecule has 4 fully saturated rings. The first-order valence-electron chi connectivity index (χ1n) is 11.6. The molecule has 158 valence electrons. The number of aliphatic hydroxyl groups is 1. The normalized spacial score (nSPS) is 49.1. The van der Waals surface area contributed by atoms with Crippen LogP contribution in [0.4, 0.5) is 0 Å². The summed E-state index contributed by atoms with van der Waals surface area (Å²) in [4.78, 5) is 23.1. The number of carbonyl (C=O) groups excluding carboxylic acids is 1. The second-order valence-corrected chi connectivity index (χ2v) is 11.2. The number of fused-ring (bicyclic) bond motifs is 5. The molecule has 4 nitrogen and oxygen atoms in total. The van der Waals surface area contributed by atoms with E-state index in [4.69, 9.17) is 5.11 Å². The molecule has 0 spiro atoms. The summed E-state index contributed by atoms with van der Waals surface area (Å²) in [5.41, 5.74) is 0.444. The van der Waals surface area contributed by atoms with Crippen LogP contribution in [0.5, 0.6) is 0 Å². The van der Waals surface area contributed by atoms with Crippen LogP contribution in [-0.4, -0.2) is 28.1 Å². The summed E-state index contributed by atoms with van der Waals surface area (Å²) < 4.78 is 0. The summed E-state index contributed by atoms with van der Waals surface area (Å²) in [5.74, 6) is 2.52. The maximum atomic E-state index is 12.1. The maximum absolute atomic E-state index is 12.1. The van der Waals surface area contributed by atoms with E-state index in [-0.39, 0.29) is 23.4 Å². The van der Waals surface area contributed by atoms with E-state index in [1.807, 2.05) is 0 Å². The smallest absolute Gasteiger partial charge is 0.303 e. The van der Waals surface area contributed by atoms with Crippen LogP contribution in [0.1, 0.15) is 85.0 Å². The molecule has 4 saturated carbocycles. The Morgan fingerprint density at radius 1 is 1.14 bits per heavy atom. The summed E-state index contributed by atoms with van der Waals surface area (Å²) in [6.45, 7) is 7.10. The summed E-state index contributed by atoms with van der Waals surface area (Å²) in [7, 11) is 0. The predicted octanol–water partition coefficient (Wildman–Crippen LogP) is 4.69. The third-order valence-electron chi connectivity index (χ3n) is 10.1. The molecule has 0 radical (unpaired) electrons. The Kier molecular flexibility index (Phi) is 5.17. The van der Waals surface area contributed by atoms with Gasteiger partial charge >= 0.3 is 5.97 Å². The number of aliphatic carboxylic acids is 1. The van der Waals surface area contributed by atoms with E-state index in [0.717, 1.165) is 32.1 Å². The molecule has 2 N–H and O–H groups in total. The van der Waals surface area contributed by atoms with Gasteiger partial charge in [-0.05, 0) is 91.3 Å². The number of Topliss-reactive ketones (excluding diaryl/α,β-unsaturated/α-hetero) is 1. The molecular weight excluding hydrogens is 352 g/mol. The zero-order chi connectivity index (χ0) is 20.3. The molecule has 0 aromatic heterocycles. The number of carboxylic acids is 1. The highest BCUT2D eigenvalue weighted by Crippen LogP contribution is 2.68. The van der Waals surface area contributed by atoms with E-state index >= 15 is 0 Å². The highest BCUT2D eigenvalue weighted by Gasteiger charge is 2.62. The molecule has 0 aliphatic heterocycles. The van der Waals surface area contributed by atoms with Crippen molar-refractivity contribution in [3.05, 3.63) is 0 Å². The van der Waals surface area contributed by atoms with Crippen LogP contribution in [0, 0.1) is 46.3 Å². The number of carboxylic acid groups (broad SMARTS) is 1. The van der Waals surface area contributed by atoms with Gasteiger partial charge in [-0.2, -0.15) is 0 Å². The molecule has 0 amide bonds. The van der Waals surface area contributed by atoms with Crippen molar-refractivity contribution >= 4 is 11.8 Å². The van der Waals surface area contributed by atoms with Gasteiger partial charge < -0.3 is 10.2 Å². The molecule has 0 saturated heterocycles. The number of hydrogen-bond donors (Lipinski definition) is 2. The van der Waals surface area contributed by atoms with E-state index in [2.05, 4.69) is 20.8 Å². The first-order valence-corrected chi connectivity index (χ1v) is 11.6. The highest BCUT2D eigenvalue weighted by atomic mass is 16.4. The van der Waals surface area contributed by atoms with Gasteiger partial charge in [0.1, 0.15) is 5.78 Å². The van der Waals surface area contributed by atoms with E-state index in [0.29, 0.717) is 47.7 Å². The molecule has 0 unspecified atom stereocenters. The van der Waals surface area contributed by atoms with Gasteiger partial charge in [0.25, 0.3) is 0 Å². The highest BCUT2D eigenvalue weighted by molar-refractivity contribution is 5.79. The molecular formula is C24H38O4. The van der Waals surface area contributed by atoms with Gasteiger partial charge in [-0.15, -0.1) is 0 Å². The molecule has 0 aromatic carbocycles. The van der Waals surface area contributed by atoms with Crippen molar-refractivity contribution in [2.24, 2.45) is 46.3 Å². The van der Waals surface area contributed by atoms with Crippen molar-refractivity contribution in [2.75, 3.05) is 0 Å². The van der Waals surface area contributed by atoms with Gasteiger partial charge in [-0.1, -0.05) is 20.8 Å². The molecule has 4 aliphatic carbocycles. The molecule has 0 aromatic rings. The van der Waals surface area contributed by atoms with Crippen molar-refractivity contribution in [3.63, 3.8) is 0 Å². The summed E-state index contributed by atoms with van der Waals surface area (Å²) in [6, 6.07) is 0. The van der Waals surface area contributed by atoms with Gasteiger partial charge in [0, 0.05) is 19.3 Å². The summed E-state index contributed by atoms with van der Waals surface area (Å²) >= 11 is 0. The van der Waals surface area contributed by atoms with Gasteiger partial charge in [0.15, 0.2) is 0 Å². The molecule has 4 heteroatoms. The van der Waals surface area contributed by atoms with E-state index in [9.17, 15) is 14.7 Å². The number of carbonyl (C=O) groups is 2. The largest absolute Gasteiger partial charge is 0.481 e. The lowest BCUT2D eigenvalue weighted by molar-refractivity contribution is -0.169. The van der Waals surface area contributed by atoms with Gasteiger partial charge in [-0.25, -0.2) is 0 Å². The van der Waals surface area contributed by atoms with Crippen LogP contribution in [0.25, 0.3) is 0 Å². The number of rotatable bonds is 4. The monoisotopic (exact) mass is 390 g/mol. The van der Waals surface area contributed by atoms with Crippen molar-refractivity contribution < 1.29 is 19.8 Å². The Bertz CT molecular complexity index is 645. The zero-order valence-electron chi connectivity index (χ0n) is 17.8. The minimum atomic E-state index is -0.691. The predicted molar refractivity (Wildman–Crippen MR) is 108 cm³/mol. The van der Waals surface area contributed by atoms with Crippen LogP contribution >= 0.6 is 0 Å². The number of hydrogen-bond acceptors (Lipinski definition) is 3. The molecule has 4 rings (SSSR count). The minimum absolute atomic E-state index is 0.214. The summed E-state index contributed by atoms with van der Waals surface area (Å²) in [6.07, 6.45) is 8.68. The Morgan fingerprint density at radius 2 is 1.86 bits per heavy atom. The molecule has 4 aliphatic rings. The van der Waals surface area contributed by atoms with Crippen molar-refractivity contribution in [1.82, 2.24) is 0 Å². The van der Waals surface area contributed by atoms with Crippen molar-refractivity contribution in [3.8, 4) is 0 Å². The van der Waals surface area contributed by atoms with Crippen molar-refractivity contribution in [2.45, 2.75) is 91.1 Å². The fraction of sp³-hybridized carbons (Fsp3) is 0.917. The Hall–Kier alpha value is -0.900. The van der Waals surface area contributed by atoms with Gasteiger partial charge in [-0.3, -0.25) is 9.59 Å². The van der Waals surface area contributed by atoms with E-state index < -0.39 is 5.97 Å². The van der Waals surface area contributed by atoms with Crippen LogP contribution < -0.4 is 0 Å². The average molecular weight is 391 g/mol. The van der Waals surface area contributed by atoms with Gasteiger partial charge in [0.05, 0.1) is 6.10 Å². The average Bonchev–Trinajstić information content (AvgIpc) is 2.98. The lowest BCUT2D eigenvalue weighted by Crippen LogP contribution is -2.58. The Balaban J connectivity index is 1.56. The van der Waals surface area contributed by atoms with Crippen molar-refractivity contribution in [1.29, 1.82) is 0 Å². The SMILES string of the molecule is C[C@H](CCC(=O)O)[C@H]1CC[C@H]2[C@@H]3[C@@H](O)C[C@@H]4CC(=O)CC[C@]4(C)[C@H]3CC[C@]12C. The van der Waals surface area contributed by atoms with Crippen LogP contribution in [0.15, 0.2) is 0 Å². The molecule has 0 heterocycles. The van der Waals surface area contributed by atoms with E-state index in [1.165, 1.54) is 19.3 Å². The third kappa shape index (κ3) is 3.05. The quantitative estimate of drug-likeness (QED) is 0.730. The Labute approximate surface area is 169 Å². The molecule has 28 heavy (non-hydrogen) atoms. The van der Waals surface area contributed by atoms with E-state index in [1.54, 1.807) is 0 Å². The fourth-order valence-corrected chi connectivity index (χ4v) is 8.54. The van der Waals surface area contributed by atoms with Gasteiger partial charge in [0.2, 0.25) is 0 Å². The lowest BCUT2D eigenvalue weighted by Gasteiger charge is -2.62. The first-order chi connectivity index (χ1) is 13.2. The number of ketones is 1. The second-order valence-electron chi connectivity index (χ2n) is 11.2. The lowest BCUT2D eigenvalue weighted by atomic mass is 9.44. The van der Waals surface area contributed by atoms with Crippen LogP contribution in [-0.2, 0) is 9.59 Å². The third-order valence-corrected chi connectivity index (χ3v) is 10.1. The second kappa shape index (κ2) is 7.11. The minimum Gasteiger partial charge on any atom is -0.481 e. The molecule has 0 bridgehead atoms. The molecule has 9 atom stereocenters. The number of aliphatic hydroxyl groups excluding tert-OH is 1. The zero-order valence-corrected chi connectivity index (χ0v) is 17.8. The first kappa shape index (κ1) is 20.4. The topological polar surface area (TPSA) is 74.6 Å². The van der Waals surface area contributed by atoms with Crippen LogP contribution in [0.3, 0.4) is 0 Å². The summed E-state index contributed by atoms with van der Waals surface area (Å²) in [5, 5.41) is 20.3.